The monoisotopic (exact) mass is 270 g/mol. The van der Waals surface area contributed by atoms with Crippen LogP contribution in [0.25, 0.3) is 0 Å². The minimum absolute atomic E-state index is 0.208. The summed E-state index contributed by atoms with van der Waals surface area (Å²) in [6, 6.07) is -0.378. The molecule has 0 radical (unpaired) electrons. The van der Waals surface area contributed by atoms with Crippen molar-refractivity contribution in [2.24, 2.45) is 0 Å². The zero-order chi connectivity index (χ0) is 7.72. The largest absolute Gasteiger partial charge is 0.347 e. The molecular weight excluding hydrogens is 268 g/mol. The van der Waals surface area contributed by atoms with E-state index in [4.69, 9.17) is 0 Å². The molecule has 0 aromatic heterocycles. The van der Waals surface area contributed by atoms with Crippen LogP contribution in [0.15, 0.2) is 0 Å². The number of rotatable bonds is 0. The summed E-state index contributed by atoms with van der Waals surface area (Å²) in [5.41, 5.74) is 0. The van der Waals surface area contributed by atoms with Crippen LogP contribution in [0.3, 0.4) is 0 Å². The van der Waals surface area contributed by atoms with Crippen LogP contribution in [0.5, 0.6) is 0 Å². The van der Waals surface area contributed by atoms with Gasteiger partial charge in [-0.3, -0.25) is 8.72 Å². The summed E-state index contributed by atoms with van der Waals surface area (Å²) in [6.07, 6.45) is 0.349. The van der Waals surface area contributed by atoms with Crippen LogP contribution in [0.2, 0.25) is 0 Å². The molecule has 56 valence electrons. The van der Waals surface area contributed by atoms with Gasteiger partial charge in [-0.1, -0.05) is 0 Å². The first-order chi connectivity index (χ1) is 4.63. The third-order valence-corrected chi connectivity index (χ3v) is 2.47. The highest BCUT2D eigenvalue weighted by molar-refractivity contribution is 9.08. The summed E-state index contributed by atoms with van der Waals surface area (Å²) in [5, 5.41) is 0. The highest BCUT2D eigenvalue weighted by atomic mass is 79.9. The zero-order valence-electron chi connectivity index (χ0n) is 4.88. The van der Waals surface area contributed by atoms with E-state index in [1.807, 2.05) is 0 Å². The lowest BCUT2D eigenvalue weighted by molar-refractivity contribution is -0.125. The zero-order valence-corrected chi connectivity index (χ0v) is 8.05. The van der Waals surface area contributed by atoms with Crippen molar-refractivity contribution in [1.82, 2.24) is 7.85 Å². The summed E-state index contributed by atoms with van der Waals surface area (Å²) in [6.45, 7) is 0.430. The van der Waals surface area contributed by atoms with Crippen molar-refractivity contribution < 1.29 is 9.59 Å². The van der Waals surface area contributed by atoms with Gasteiger partial charge in [0.05, 0.1) is 32.3 Å². The minimum atomic E-state index is -0.378. The van der Waals surface area contributed by atoms with Gasteiger partial charge in [-0.15, -0.1) is 0 Å². The number of carbonyl (C=O) groups is 2. The van der Waals surface area contributed by atoms with Crippen molar-refractivity contribution in [3.05, 3.63) is 0 Å². The summed E-state index contributed by atoms with van der Waals surface area (Å²) in [5.74, 6) is -0.208. The van der Waals surface area contributed by atoms with Crippen LogP contribution in [0.1, 0.15) is 6.42 Å². The number of nitrogens with zero attached hydrogens (tertiary/aromatic N) is 2. The van der Waals surface area contributed by atoms with Crippen LogP contribution in [0, 0.1) is 0 Å². The quantitative estimate of drug-likeness (QED) is 0.623. The van der Waals surface area contributed by atoms with E-state index in [1.54, 1.807) is 0 Å². The van der Waals surface area contributed by atoms with Gasteiger partial charge in [0.2, 0.25) is 5.91 Å². The summed E-state index contributed by atoms with van der Waals surface area (Å²) < 4.78 is 2.20. The average Bonchev–Trinajstić information content (AvgIpc) is 1.93. The Morgan fingerprint density at radius 3 is 2.40 bits per heavy atom. The molecule has 0 atom stereocenters. The van der Waals surface area contributed by atoms with Crippen molar-refractivity contribution in [3.63, 3.8) is 0 Å². The molecule has 10 heavy (non-hydrogen) atoms. The maximum Gasteiger partial charge on any atom is 0.347 e. The van der Waals surface area contributed by atoms with Crippen LogP contribution >= 0.6 is 32.3 Å². The van der Waals surface area contributed by atoms with Gasteiger partial charge < -0.3 is 0 Å². The lowest BCUT2D eigenvalue weighted by Gasteiger charge is -2.24. The Kier molecular flexibility index (Phi) is 2.30. The molecule has 0 saturated carbocycles. The fourth-order valence-corrected chi connectivity index (χ4v) is 1.51. The first-order valence-electron chi connectivity index (χ1n) is 2.59. The highest BCUT2D eigenvalue weighted by Gasteiger charge is 2.28. The molecule has 0 aromatic rings. The van der Waals surface area contributed by atoms with E-state index in [0.717, 1.165) is 3.93 Å². The molecular formula is C4H4Br2N2O2. The van der Waals surface area contributed by atoms with Crippen molar-refractivity contribution in [2.45, 2.75) is 6.42 Å². The number of imide groups is 1. The smallest absolute Gasteiger partial charge is 0.273 e. The summed E-state index contributed by atoms with van der Waals surface area (Å²) in [4.78, 5) is 21.6. The Bertz CT molecular complexity index is 184. The molecule has 1 rings (SSSR count). The molecule has 3 amide bonds. The molecule has 1 saturated heterocycles. The van der Waals surface area contributed by atoms with E-state index in [1.165, 1.54) is 3.93 Å². The Morgan fingerprint density at radius 1 is 1.30 bits per heavy atom. The second kappa shape index (κ2) is 2.87. The van der Waals surface area contributed by atoms with Crippen molar-refractivity contribution in [2.75, 3.05) is 6.54 Å². The Hall–Kier alpha value is -0.100. The molecule has 4 nitrogen and oxygen atoms in total. The Morgan fingerprint density at radius 2 is 1.90 bits per heavy atom. The van der Waals surface area contributed by atoms with Crippen LogP contribution in [0.4, 0.5) is 4.79 Å². The second-order valence-electron chi connectivity index (χ2n) is 1.79. The SMILES string of the molecule is O=C1CCN(Br)C(=O)N1Br. The van der Waals surface area contributed by atoms with Gasteiger partial charge >= 0.3 is 6.03 Å². The average molecular weight is 272 g/mol. The molecule has 0 N–H and O–H groups in total. The standard InChI is InChI=1S/C4H4Br2N2O2/c5-7-2-1-3(9)8(6)4(7)10/h1-2H2. The summed E-state index contributed by atoms with van der Waals surface area (Å²) in [7, 11) is 0. The van der Waals surface area contributed by atoms with E-state index in [-0.39, 0.29) is 11.9 Å². The number of hydrogen-bond donors (Lipinski definition) is 0. The van der Waals surface area contributed by atoms with Gasteiger partial charge in [-0.05, 0) is 0 Å². The minimum Gasteiger partial charge on any atom is -0.273 e. The molecule has 0 spiro atoms. The predicted octanol–water partition coefficient (Wildman–Crippen LogP) is 1.26. The molecule has 1 aliphatic heterocycles. The van der Waals surface area contributed by atoms with E-state index < -0.39 is 0 Å². The maximum atomic E-state index is 10.9. The molecule has 1 heterocycles. The van der Waals surface area contributed by atoms with Gasteiger partial charge in [0.15, 0.2) is 0 Å². The first kappa shape index (κ1) is 8.00. The second-order valence-corrected chi connectivity index (χ2v) is 3.36. The number of hydrogen-bond acceptors (Lipinski definition) is 2. The normalized spacial score (nSPS) is 20.2. The topological polar surface area (TPSA) is 40.6 Å². The van der Waals surface area contributed by atoms with Crippen LogP contribution in [-0.4, -0.2) is 26.3 Å². The molecule has 1 fully saturated rings. The maximum absolute atomic E-state index is 10.9. The lowest BCUT2D eigenvalue weighted by Crippen LogP contribution is -2.42. The number of halogens is 2. The molecule has 1 aliphatic rings. The molecule has 0 unspecified atom stereocenters. The number of amides is 3. The van der Waals surface area contributed by atoms with E-state index >= 15 is 0 Å². The molecule has 6 heteroatoms. The van der Waals surface area contributed by atoms with Crippen LogP contribution in [-0.2, 0) is 4.79 Å². The third-order valence-electron chi connectivity index (χ3n) is 1.12. The van der Waals surface area contributed by atoms with Gasteiger partial charge in [0.25, 0.3) is 0 Å². The highest BCUT2D eigenvalue weighted by Crippen LogP contribution is 2.16. The predicted molar refractivity (Wildman–Crippen MR) is 41.4 cm³/mol. The van der Waals surface area contributed by atoms with E-state index in [9.17, 15) is 9.59 Å². The van der Waals surface area contributed by atoms with Gasteiger partial charge in [-0.2, -0.15) is 3.93 Å². The fourth-order valence-electron chi connectivity index (χ4n) is 0.590. The number of carbonyl (C=O) groups excluding carboxylic acids is 2. The third kappa shape index (κ3) is 1.32. The lowest BCUT2D eigenvalue weighted by atomic mass is 10.3. The Balaban J connectivity index is 2.70. The van der Waals surface area contributed by atoms with Crippen molar-refractivity contribution in [3.8, 4) is 0 Å². The van der Waals surface area contributed by atoms with Gasteiger partial charge in [-0.25, -0.2) is 4.79 Å². The molecule has 0 aromatic carbocycles. The fraction of sp³-hybridized carbons (Fsp3) is 0.500. The summed E-state index contributed by atoms with van der Waals surface area (Å²) >= 11 is 5.80. The first-order valence-corrected chi connectivity index (χ1v) is 4.01. The van der Waals surface area contributed by atoms with Crippen molar-refractivity contribution in [1.29, 1.82) is 0 Å². The molecule has 0 aliphatic carbocycles. The Labute approximate surface area is 74.8 Å². The van der Waals surface area contributed by atoms with E-state index in [2.05, 4.69) is 32.3 Å². The van der Waals surface area contributed by atoms with Gasteiger partial charge in [0.1, 0.15) is 0 Å². The van der Waals surface area contributed by atoms with Crippen LogP contribution < -0.4 is 0 Å². The number of urea groups is 1. The van der Waals surface area contributed by atoms with Gasteiger partial charge in [0, 0.05) is 13.0 Å². The van der Waals surface area contributed by atoms with E-state index in [0.29, 0.717) is 13.0 Å². The molecule has 0 bridgehead atoms. The van der Waals surface area contributed by atoms with Crippen molar-refractivity contribution >= 4 is 44.2 Å².